The van der Waals surface area contributed by atoms with Gasteiger partial charge in [0, 0.05) is 44.1 Å². The maximum Gasteiger partial charge on any atom is 0.285 e. The Morgan fingerprint density at radius 3 is 2.73 bits per heavy atom. The molecule has 1 rings (SSSR count). The molecule has 0 aromatic carbocycles. The van der Waals surface area contributed by atoms with Gasteiger partial charge in [-0.15, -0.1) is 6.54 Å². The molecule has 4 heteroatoms. The Morgan fingerprint density at radius 2 is 2.36 bits per heavy atom. The molecule has 1 heterocycles. The first-order valence-electron chi connectivity index (χ1n) is 3.65. The van der Waals surface area contributed by atoms with Crippen LogP contribution >= 0.6 is 0 Å². The van der Waals surface area contributed by atoms with Gasteiger partial charge in [-0.25, -0.2) is 0 Å². The molecule has 1 N–H and O–H groups in total. The van der Waals surface area contributed by atoms with Gasteiger partial charge in [0.05, 0.1) is 0 Å². The van der Waals surface area contributed by atoms with Gasteiger partial charge in [0.25, 0.3) is 5.97 Å². The van der Waals surface area contributed by atoms with Gasteiger partial charge in [-0.1, -0.05) is 19.8 Å². The van der Waals surface area contributed by atoms with Crippen LogP contribution in [0.25, 0.3) is 5.32 Å². The zero-order chi connectivity index (χ0) is 7.56. The number of rotatable bonds is 2. The Morgan fingerprint density at radius 1 is 1.73 bits per heavy atom. The SMILES string of the molecule is CC[C@@H]1CC[N-]C1C(=O)O.[Ac]. The third-order valence-electron chi connectivity index (χ3n) is 2.05. The summed E-state index contributed by atoms with van der Waals surface area (Å²) < 4.78 is 0. The predicted octanol–water partition coefficient (Wildman–Crippen LogP) is 1.24. The van der Waals surface area contributed by atoms with Crippen LogP contribution in [0.4, 0.5) is 0 Å². The molecule has 61 valence electrons. The molecule has 2 atom stereocenters. The number of carboxylic acids is 1. The van der Waals surface area contributed by atoms with E-state index in [-0.39, 0.29) is 50.0 Å². The minimum Gasteiger partial charge on any atom is -0.650 e. The molecule has 3 nitrogen and oxygen atoms in total. The summed E-state index contributed by atoms with van der Waals surface area (Å²) in [6, 6.07) is -0.412. The summed E-state index contributed by atoms with van der Waals surface area (Å²) in [6.45, 7) is 2.75. The minimum atomic E-state index is -0.760. The summed E-state index contributed by atoms with van der Waals surface area (Å²) in [6.07, 6.45) is 1.88. The first-order chi connectivity index (χ1) is 4.75. The molecule has 1 fully saturated rings. The van der Waals surface area contributed by atoms with Crippen molar-refractivity contribution in [2.75, 3.05) is 6.54 Å². The molecule has 0 saturated carbocycles. The third-order valence-corrected chi connectivity index (χ3v) is 2.05. The van der Waals surface area contributed by atoms with Gasteiger partial charge in [-0.2, -0.15) is 0 Å². The van der Waals surface area contributed by atoms with Crippen molar-refractivity contribution in [2.45, 2.75) is 25.8 Å². The fourth-order valence-corrected chi connectivity index (χ4v) is 1.39. The van der Waals surface area contributed by atoms with Crippen LogP contribution < -0.4 is 0 Å². The van der Waals surface area contributed by atoms with Gasteiger partial charge < -0.3 is 10.4 Å². The van der Waals surface area contributed by atoms with Gasteiger partial charge in [0.1, 0.15) is 0 Å². The molecule has 1 aliphatic rings. The monoisotopic (exact) mass is 369 g/mol. The van der Waals surface area contributed by atoms with Crippen molar-refractivity contribution in [1.82, 2.24) is 0 Å². The Labute approximate surface area is 102 Å². The Balaban J connectivity index is 0.000001000. The summed E-state index contributed by atoms with van der Waals surface area (Å²) in [5, 5.41) is 12.6. The second kappa shape index (κ2) is 5.51. The maximum absolute atomic E-state index is 10.5. The molecular weight excluding hydrogens is 357 g/mol. The zero-order valence-electron chi connectivity index (χ0n) is 6.66. The van der Waals surface area contributed by atoms with Crippen molar-refractivity contribution in [2.24, 2.45) is 5.92 Å². The second-order valence-corrected chi connectivity index (χ2v) is 2.65. The predicted molar refractivity (Wildman–Crippen MR) is 38.0 cm³/mol. The summed E-state index contributed by atoms with van der Waals surface area (Å²) in [7, 11) is 0. The quantitative estimate of drug-likeness (QED) is 0.797. The molecular formula is C7H12AcNO2-. The average Bonchev–Trinajstić information content (AvgIpc) is 2.33. The normalized spacial score (nSPS) is 29.5. The number of hydrogen-bond donors (Lipinski definition) is 1. The Hall–Kier alpha value is 0.872. The fraction of sp³-hybridized carbons (Fsp3) is 0.857. The van der Waals surface area contributed by atoms with E-state index < -0.39 is 12.0 Å². The van der Waals surface area contributed by atoms with Crippen molar-refractivity contribution in [3.05, 3.63) is 5.32 Å². The summed E-state index contributed by atoms with van der Waals surface area (Å²) in [5.41, 5.74) is 0. The molecule has 0 aromatic rings. The van der Waals surface area contributed by atoms with Gasteiger partial charge >= 0.3 is 0 Å². The topological polar surface area (TPSA) is 51.4 Å². The van der Waals surface area contributed by atoms with E-state index in [0.717, 1.165) is 19.4 Å². The number of carboxylic acid groups (broad SMARTS) is 1. The minimum absolute atomic E-state index is 0. The first kappa shape index (κ1) is 11.9. The number of nitrogens with zero attached hydrogens (tertiary/aromatic N) is 1. The third kappa shape index (κ3) is 3.01. The van der Waals surface area contributed by atoms with Crippen molar-refractivity contribution in [1.29, 1.82) is 0 Å². The van der Waals surface area contributed by atoms with Crippen LogP contribution in [0.5, 0.6) is 0 Å². The van der Waals surface area contributed by atoms with Crippen LogP contribution in [-0.4, -0.2) is 23.7 Å². The van der Waals surface area contributed by atoms with Gasteiger partial charge in [-0.05, 0) is 12.0 Å². The molecule has 0 aromatic heterocycles. The number of aliphatic carboxylic acids is 1. The van der Waals surface area contributed by atoms with Crippen LogP contribution in [0.1, 0.15) is 19.8 Å². The van der Waals surface area contributed by atoms with Gasteiger partial charge in [0.15, 0.2) is 0 Å². The van der Waals surface area contributed by atoms with Crippen molar-refractivity contribution in [3.8, 4) is 0 Å². The van der Waals surface area contributed by atoms with E-state index in [0.29, 0.717) is 0 Å². The van der Waals surface area contributed by atoms with E-state index in [1.807, 2.05) is 6.92 Å². The molecule has 11 heavy (non-hydrogen) atoms. The molecule has 1 aliphatic heterocycles. The molecule has 1 radical (unpaired) electrons. The van der Waals surface area contributed by atoms with Gasteiger partial charge in [-0.3, -0.25) is 4.79 Å². The largest absolute Gasteiger partial charge is 0.650 e. The molecule has 0 spiro atoms. The van der Waals surface area contributed by atoms with Crippen LogP contribution in [0, 0.1) is 50.0 Å². The molecule has 1 unspecified atom stereocenters. The maximum atomic E-state index is 10.5. The second-order valence-electron chi connectivity index (χ2n) is 2.65. The van der Waals surface area contributed by atoms with E-state index in [1.165, 1.54) is 0 Å². The van der Waals surface area contributed by atoms with E-state index >= 15 is 0 Å². The standard InChI is InChI=1S/C7H12NO2.Ac/c1-2-5-3-4-8-6(5)7(9)10;/h5-6H,2-4H2,1H3,(H,9,10);/q-1;/t5-,6?;/m1./s1. The van der Waals surface area contributed by atoms with Crippen molar-refractivity contribution >= 4 is 5.97 Å². The molecule has 1 saturated heterocycles. The van der Waals surface area contributed by atoms with E-state index in [9.17, 15) is 4.79 Å². The van der Waals surface area contributed by atoms with E-state index in [2.05, 4.69) is 5.32 Å². The Bertz CT molecular complexity index is 140. The number of carbonyl (C=O) groups is 1. The smallest absolute Gasteiger partial charge is 0.285 e. The summed E-state index contributed by atoms with van der Waals surface area (Å²) >= 11 is 0. The van der Waals surface area contributed by atoms with Crippen LogP contribution in [0.2, 0.25) is 0 Å². The number of hydrogen-bond acceptors (Lipinski definition) is 1. The summed E-state index contributed by atoms with van der Waals surface area (Å²) in [5.74, 6) is -0.471. The van der Waals surface area contributed by atoms with Crippen molar-refractivity contribution < 1.29 is 54.0 Å². The van der Waals surface area contributed by atoms with Crippen LogP contribution in [0.3, 0.4) is 0 Å². The van der Waals surface area contributed by atoms with E-state index in [1.54, 1.807) is 0 Å². The Kier molecular flexibility index (Phi) is 5.94. The molecule has 0 aliphatic carbocycles. The van der Waals surface area contributed by atoms with Crippen molar-refractivity contribution in [3.63, 3.8) is 0 Å². The molecule has 0 bridgehead atoms. The zero-order valence-corrected chi connectivity index (χ0v) is 11.4. The van der Waals surface area contributed by atoms with Crippen LogP contribution in [-0.2, 0) is 4.79 Å². The average molecular weight is 369 g/mol. The van der Waals surface area contributed by atoms with Crippen LogP contribution in [0.15, 0.2) is 0 Å². The summed E-state index contributed by atoms with van der Waals surface area (Å²) in [4.78, 5) is 10.5. The fourth-order valence-electron chi connectivity index (χ4n) is 1.39. The molecule has 0 amide bonds. The van der Waals surface area contributed by atoms with E-state index in [4.69, 9.17) is 5.11 Å². The first-order valence-corrected chi connectivity index (χ1v) is 3.65. The van der Waals surface area contributed by atoms with Gasteiger partial charge in [0.2, 0.25) is 0 Å².